The molecule has 0 spiro atoms. The van der Waals surface area contributed by atoms with Crippen molar-refractivity contribution < 1.29 is 27.4 Å². The summed E-state index contributed by atoms with van der Waals surface area (Å²) in [7, 11) is 0. The number of fused-ring (bicyclic) bond motifs is 1. The summed E-state index contributed by atoms with van der Waals surface area (Å²) in [6.07, 6.45) is -3.38. The summed E-state index contributed by atoms with van der Waals surface area (Å²) >= 11 is 1.24. The van der Waals surface area contributed by atoms with Gasteiger partial charge in [-0.15, -0.1) is 11.3 Å². The van der Waals surface area contributed by atoms with Crippen LogP contribution in [0.3, 0.4) is 0 Å². The van der Waals surface area contributed by atoms with E-state index in [9.17, 15) is 18.0 Å². The summed E-state index contributed by atoms with van der Waals surface area (Å²) in [5, 5.41) is 4.00. The van der Waals surface area contributed by atoms with Crippen molar-refractivity contribution in [2.24, 2.45) is 0 Å². The van der Waals surface area contributed by atoms with Crippen molar-refractivity contribution in [2.75, 3.05) is 18.5 Å². The van der Waals surface area contributed by atoms with E-state index in [1.165, 1.54) is 17.4 Å². The van der Waals surface area contributed by atoms with Gasteiger partial charge < -0.3 is 14.8 Å². The number of nitrogens with zero attached hydrogens (tertiary/aromatic N) is 1. The number of hydrogen-bond acceptors (Lipinski definition) is 5. The van der Waals surface area contributed by atoms with Crippen LogP contribution in [0, 0.1) is 6.92 Å². The molecule has 1 amide bonds. The summed E-state index contributed by atoms with van der Waals surface area (Å²) in [4.78, 5) is 17.1. The van der Waals surface area contributed by atoms with Crippen molar-refractivity contribution >= 4 is 22.2 Å². The van der Waals surface area contributed by atoms with Gasteiger partial charge in [-0.05, 0) is 36.8 Å². The first-order valence-corrected chi connectivity index (χ1v) is 10.4. The smallest absolute Gasteiger partial charge is 0.416 e. The third-order valence-corrected chi connectivity index (χ3v) is 5.76. The lowest BCUT2D eigenvalue weighted by atomic mass is 10.1. The van der Waals surface area contributed by atoms with Crippen LogP contribution in [0.15, 0.2) is 42.5 Å². The molecule has 5 nitrogen and oxygen atoms in total. The van der Waals surface area contributed by atoms with Gasteiger partial charge in [0.25, 0.3) is 5.91 Å². The van der Waals surface area contributed by atoms with Gasteiger partial charge in [0, 0.05) is 18.4 Å². The molecule has 0 aliphatic carbocycles. The van der Waals surface area contributed by atoms with E-state index in [0.29, 0.717) is 51.5 Å². The number of benzene rings is 2. The van der Waals surface area contributed by atoms with E-state index >= 15 is 0 Å². The molecule has 9 heteroatoms. The van der Waals surface area contributed by atoms with Crippen molar-refractivity contribution in [2.45, 2.75) is 25.9 Å². The molecule has 0 atom stereocenters. The standard InChI is InChI=1S/C22H19F3N2O3S/c1-13-21(27-20(28)15-6-7-17-18(12-15)30-9-3-8-29-17)31-19(26-13)11-14-4-2-5-16(10-14)22(23,24)25/h2,4-7,10,12H,3,8-9,11H2,1H3,(H,27,28). The third-order valence-electron chi connectivity index (χ3n) is 4.69. The topological polar surface area (TPSA) is 60.5 Å². The van der Waals surface area contributed by atoms with Crippen LogP contribution in [0.4, 0.5) is 18.2 Å². The Morgan fingerprint density at radius 1 is 1.13 bits per heavy atom. The molecule has 4 rings (SSSR count). The number of carbonyl (C=O) groups is 1. The molecule has 0 saturated carbocycles. The van der Waals surface area contributed by atoms with E-state index in [1.807, 2.05) is 0 Å². The number of thiazole rings is 1. The molecule has 0 unspecified atom stereocenters. The second kappa shape index (κ2) is 8.58. The summed E-state index contributed by atoms with van der Waals surface area (Å²) in [6.45, 7) is 2.83. The zero-order valence-corrected chi connectivity index (χ0v) is 17.4. The molecule has 31 heavy (non-hydrogen) atoms. The van der Waals surface area contributed by atoms with Crippen LogP contribution in [0.2, 0.25) is 0 Å². The largest absolute Gasteiger partial charge is 0.490 e. The van der Waals surface area contributed by atoms with Gasteiger partial charge in [0.15, 0.2) is 11.5 Å². The highest BCUT2D eigenvalue weighted by Crippen LogP contribution is 2.33. The average molecular weight is 448 g/mol. The van der Waals surface area contributed by atoms with Gasteiger partial charge in [-0.1, -0.05) is 18.2 Å². The zero-order valence-electron chi connectivity index (χ0n) is 16.6. The Labute approximate surface area is 180 Å². The lowest BCUT2D eigenvalue weighted by Crippen LogP contribution is -2.12. The quantitative estimate of drug-likeness (QED) is 0.575. The predicted molar refractivity (Wildman–Crippen MR) is 111 cm³/mol. The van der Waals surface area contributed by atoms with Crippen LogP contribution < -0.4 is 14.8 Å². The van der Waals surface area contributed by atoms with Crippen LogP contribution in [0.1, 0.15) is 38.6 Å². The van der Waals surface area contributed by atoms with Crippen molar-refractivity contribution in [1.29, 1.82) is 0 Å². The maximum Gasteiger partial charge on any atom is 0.416 e. The van der Waals surface area contributed by atoms with Crippen LogP contribution in [-0.4, -0.2) is 24.1 Å². The molecular formula is C22H19F3N2O3S. The third kappa shape index (κ3) is 4.99. The highest BCUT2D eigenvalue weighted by atomic mass is 32.1. The fraction of sp³-hybridized carbons (Fsp3) is 0.273. The second-order valence-electron chi connectivity index (χ2n) is 7.06. The number of aromatic nitrogens is 1. The average Bonchev–Trinajstić information content (AvgIpc) is 2.92. The Morgan fingerprint density at radius 2 is 1.90 bits per heavy atom. The fourth-order valence-corrected chi connectivity index (χ4v) is 4.15. The number of amides is 1. The number of rotatable bonds is 4. The molecule has 0 radical (unpaired) electrons. The number of ether oxygens (including phenoxy) is 2. The summed E-state index contributed by atoms with van der Waals surface area (Å²) in [5.41, 5.74) is 0.830. The van der Waals surface area contributed by atoms with Crippen LogP contribution in [0.5, 0.6) is 11.5 Å². The molecule has 3 aromatic rings. The molecule has 1 aromatic heterocycles. The first-order valence-electron chi connectivity index (χ1n) is 9.63. The van der Waals surface area contributed by atoms with Gasteiger partial charge in [-0.25, -0.2) is 4.98 Å². The number of alkyl halides is 3. The SMILES string of the molecule is Cc1nc(Cc2cccc(C(F)(F)F)c2)sc1NC(=O)c1ccc2c(c1)OCCCO2. The molecule has 0 saturated heterocycles. The normalized spacial score (nSPS) is 13.5. The Bertz CT molecular complexity index is 1110. The molecular weight excluding hydrogens is 429 g/mol. The van der Waals surface area contributed by atoms with Gasteiger partial charge in [-0.2, -0.15) is 13.2 Å². The maximum atomic E-state index is 12.9. The minimum Gasteiger partial charge on any atom is -0.490 e. The number of hydrogen-bond donors (Lipinski definition) is 1. The van der Waals surface area contributed by atoms with Crippen LogP contribution in [0.25, 0.3) is 0 Å². The molecule has 2 aromatic carbocycles. The van der Waals surface area contributed by atoms with Gasteiger partial charge in [0.1, 0.15) is 5.00 Å². The van der Waals surface area contributed by atoms with E-state index < -0.39 is 11.7 Å². The van der Waals surface area contributed by atoms with E-state index in [0.717, 1.165) is 18.6 Å². The summed E-state index contributed by atoms with van der Waals surface area (Å²) in [5.74, 6) is 0.802. The summed E-state index contributed by atoms with van der Waals surface area (Å²) < 4.78 is 50.0. The van der Waals surface area contributed by atoms with E-state index in [1.54, 1.807) is 31.2 Å². The number of halogens is 3. The predicted octanol–water partition coefficient (Wildman–Crippen LogP) is 5.47. The molecule has 0 fully saturated rings. The second-order valence-corrected chi connectivity index (χ2v) is 8.15. The Balaban J connectivity index is 1.48. The lowest BCUT2D eigenvalue weighted by Gasteiger charge is -2.09. The minimum absolute atomic E-state index is 0.245. The highest BCUT2D eigenvalue weighted by molar-refractivity contribution is 7.16. The van der Waals surface area contributed by atoms with E-state index in [2.05, 4.69) is 10.3 Å². The molecule has 1 aliphatic rings. The highest BCUT2D eigenvalue weighted by Gasteiger charge is 2.30. The molecule has 1 N–H and O–H groups in total. The molecule has 1 aliphatic heterocycles. The number of carbonyl (C=O) groups excluding carboxylic acids is 1. The molecule has 162 valence electrons. The van der Waals surface area contributed by atoms with Gasteiger partial charge in [0.05, 0.1) is 29.5 Å². The summed E-state index contributed by atoms with van der Waals surface area (Å²) in [6, 6.07) is 10.2. The zero-order chi connectivity index (χ0) is 22.0. The first-order chi connectivity index (χ1) is 14.8. The Hall–Kier alpha value is -3.07. The van der Waals surface area contributed by atoms with E-state index in [4.69, 9.17) is 9.47 Å². The van der Waals surface area contributed by atoms with Crippen molar-refractivity contribution in [3.8, 4) is 11.5 Å². The molecule has 2 heterocycles. The van der Waals surface area contributed by atoms with E-state index in [-0.39, 0.29) is 12.3 Å². The lowest BCUT2D eigenvalue weighted by molar-refractivity contribution is -0.137. The Kier molecular flexibility index (Phi) is 5.86. The molecule has 0 bridgehead atoms. The van der Waals surface area contributed by atoms with Crippen LogP contribution in [-0.2, 0) is 12.6 Å². The first kappa shape index (κ1) is 21.2. The van der Waals surface area contributed by atoms with Crippen molar-refractivity contribution in [3.63, 3.8) is 0 Å². The number of aryl methyl sites for hydroxylation is 1. The van der Waals surface area contributed by atoms with Crippen LogP contribution >= 0.6 is 11.3 Å². The van der Waals surface area contributed by atoms with Gasteiger partial charge in [0.2, 0.25) is 0 Å². The monoisotopic (exact) mass is 448 g/mol. The van der Waals surface area contributed by atoms with Gasteiger partial charge >= 0.3 is 6.18 Å². The van der Waals surface area contributed by atoms with Gasteiger partial charge in [-0.3, -0.25) is 4.79 Å². The number of nitrogens with one attached hydrogen (secondary N) is 1. The van der Waals surface area contributed by atoms with Crippen molar-refractivity contribution in [3.05, 3.63) is 69.9 Å². The number of anilines is 1. The Morgan fingerprint density at radius 3 is 2.68 bits per heavy atom. The fourth-order valence-electron chi connectivity index (χ4n) is 3.16. The minimum atomic E-state index is -4.39. The van der Waals surface area contributed by atoms with Crippen molar-refractivity contribution in [1.82, 2.24) is 4.98 Å². The maximum absolute atomic E-state index is 12.9.